The second-order valence-electron chi connectivity index (χ2n) is 8.46. The molecule has 160 valence electrons. The van der Waals surface area contributed by atoms with Crippen molar-refractivity contribution in [2.75, 3.05) is 13.1 Å². The molecule has 1 fully saturated rings. The third-order valence-electron chi connectivity index (χ3n) is 5.67. The van der Waals surface area contributed by atoms with Gasteiger partial charge in [0.2, 0.25) is 11.8 Å². The maximum Gasteiger partial charge on any atom is 0.251 e. The minimum Gasteiger partial charge on any atom is -0.352 e. The van der Waals surface area contributed by atoms with Gasteiger partial charge in [-0.1, -0.05) is 38.5 Å². The molecule has 6 nitrogen and oxygen atoms in total. The molecule has 0 saturated carbocycles. The topological polar surface area (TPSA) is 78.5 Å². The molecule has 0 spiro atoms. The number of hydrogen-bond donors (Lipinski definition) is 2. The largest absolute Gasteiger partial charge is 0.352 e. The normalized spacial score (nSPS) is 17.0. The summed E-state index contributed by atoms with van der Waals surface area (Å²) in [6, 6.07) is 6.80. The van der Waals surface area contributed by atoms with Crippen LogP contribution in [0.15, 0.2) is 24.3 Å². The van der Waals surface area contributed by atoms with Crippen LogP contribution in [0.25, 0.3) is 0 Å². The number of rotatable bonds is 7. The maximum atomic E-state index is 13.0. The Morgan fingerprint density at radius 3 is 2.31 bits per heavy atom. The Hall–Kier alpha value is -2.37. The van der Waals surface area contributed by atoms with Crippen LogP contribution in [0.4, 0.5) is 0 Å². The van der Waals surface area contributed by atoms with Gasteiger partial charge < -0.3 is 15.5 Å². The summed E-state index contributed by atoms with van der Waals surface area (Å²) >= 11 is 0. The number of likely N-dealkylation sites (tertiary alicyclic amines) is 1. The van der Waals surface area contributed by atoms with Gasteiger partial charge in [-0.05, 0) is 51.2 Å². The first-order chi connectivity index (χ1) is 13.7. The molecule has 0 unspecified atom stereocenters. The highest BCUT2D eigenvalue weighted by molar-refractivity contribution is 5.97. The van der Waals surface area contributed by atoms with Crippen molar-refractivity contribution in [1.82, 2.24) is 15.5 Å². The van der Waals surface area contributed by atoms with E-state index in [1.54, 1.807) is 6.07 Å². The Kier molecular flexibility index (Phi) is 8.23. The molecule has 1 aliphatic heterocycles. The third-order valence-corrected chi connectivity index (χ3v) is 5.67. The van der Waals surface area contributed by atoms with Gasteiger partial charge in [0.15, 0.2) is 0 Å². The third kappa shape index (κ3) is 6.31. The molecule has 0 radical (unpaired) electrons. The van der Waals surface area contributed by atoms with Crippen LogP contribution in [0.1, 0.15) is 62.9 Å². The maximum absolute atomic E-state index is 13.0. The molecular formula is C23H35N3O3. The van der Waals surface area contributed by atoms with Gasteiger partial charge in [-0.25, -0.2) is 0 Å². The molecule has 3 amide bonds. The van der Waals surface area contributed by atoms with Gasteiger partial charge in [0.05, 0.1) is 0 Å². The predicted molar refractivity (Wildman–Crippen MR) is 114 cm³/mol. The lowest BCUT2D eigenvalue weighted by Gasteiger charge is -2.36. The standard InChI is InChI=1S/C23H35N3O3/c1-6-17(5)24-22(28)20(25-21(27)19-9-7-8-16(4)14-19)18-10-12-26(13-11-18)23(29)15(2)3/h7-9,14-15,17-18,20H,6,10-13H2,1-5H3,(H,24,28)(H,25,27)/t17-,20-/m1/s1. The highest BCUT2D eigenvalue weighted by Crippen LogP contribution is 2.23. The van der Waals surface area contributed by atoms with E-state index in [2.05, 4.69) is 10.6 Å². The first-order valence-corrected chi connectivity index (χ1v) is 10.7. The average molecular weight is 402 g/mol. The molecule has 6 heteroatoms. The van der Waals surface area contributed by atoms with Crippen LogP contribution in [-0.2, 0) is 9.59 Å². The molecule has 2 N–H and O–H groups in total. The summed E-state index contributed by atoms with van der Waals surface area (Å²) in [7, 11) is 0. The molecule has 2 rings (SSSR count). The Morgan fingerprint density at radius 1 is 1.10 bits per heavy atom. The fourth-order valence-corrected chi connectivity index (χ4v) is 3.66. The predicted octanol–water partition coefficient (Wildman–Crippen LogP) is 2.90. The van der Waals surface area contributed by atoms with Gasteiger partial charge in [-0.3, -0.25) is 14.4 Å². The van der Waals surface area contributed by atoms with E-state index in [9.17, 15) is 14.4 Å². The first-order valence-electron chi connectivity index (χ1n) is 10.7. The fraction of sp³-hybridized carbons (Fsp3) is 0.609. The number of benzene rings is 1. The van der Waals surface area contributed by atoms with Crippen molar-refractivity contribution in [3.05, 3.63) is 35.4 Å². The lowest BCUT2D eigenvalue weighted by molar-refractivity contribution is -0.136. The van der Waals surface area contributed by atoms with E-state index in [1.165, 1.54) is 0 Å². The van der Waals surface area contributed by atoms with Crippen LogP contribution in [-0.4, -0.2) is 47.8 Å². The summed E-state index contributed by atoms with van der Waals surface area (Å²) in [4.78, 5) is 39.9. The molecule has 1 aliphatic rings. The van der Waals surface area contributed by atoms with Crippen LogP contribution >= 0.6 is 0 Å². The number of carbonyl (C=O) groups is 3. The van der Waals surface area contributed by atoms with Gasteiger partial charge in [0.25, 0.3) is 5.91 Å². The number of nitrogens with one attached hydrogen (secondary N) is 2. The zero-order chi connectivity index (χ0) is 21.6. The van der Waals surface area contributed by atoms with Crippen LogP contribution < -0.4 is 10.6 Å². The van der Waals surface area contributed by atoms with Crippen molar-refractivity contribution in [3.63, 3.8) is 0 Å². The molecule has 1 saturated heterocycles. The molecule has 1 heterocycles. The second-order valence-corrected chi connectivity index (χ2v) is 8.46. The van der Waals surface area contributed by atoms with Gasteiger partial charge in [0, 0.05) is 30.6 Å². The number of aryl methyl sites for hydroxylation is 1. The summed E-state index contributed by atoms with van der Waals surface area (Å²) < 4.78 is 0. The Bertz CT molecular complexity index is 724. The van der Waals surface area contributed by atoms with Gasteiger partial charge in [-0.15, -0.1) is 0 Å². The minimum atomic E-state index is -0.603. The Morgan fingerprint density at radius 2 is 1.76 bits per heavy atom. The molecule has 0 aliphatic carbocycles. The lowest BCUT2D eigenvalue weighted by atomic mass is 9.88. The highest BCUT2D eigenvalue weighted by atomic mass is 16.2. The quantitative estimate of drug-likeness (QED) is 0.737. The van der Waals surface area contributed by atoms with E-state index >= 15 is 0 Å². The smallest absolute Gasteiger partial charge is 0.251 e. The first kappa shape index (κ1) is 22.9. The van der Waals surface area contributed by atoms with Crippen LogP contribution in [0.3, 0.4) is 0 Å². The zero-order valence-electron chi connectivity index (χ0n) is 18.3. The summed E-state index contributed by atoms with van der Waals surface area (Å²) in [5, 5.41) is 5.99. The van der Waals surface area contributed by atoms with E-state index in [-0.39, 0.29) is 35.6 Å². The monoisotopic (exact) mass is 401 g/mol. The van der Waals surface area contributed by atoms with Crippen LogP contribution in [0.5, 0.6) is 0 Å². The highest BCUT2D eigenvalue weighted by Gasteiger charge is 2.34. The molecule has 0 bridgehead atoms. The summed E-state index contributed by atoms with van der Waals surface area (Å²) in [6.45, 7) is 11.0. The van der Waals surface area contributed by atoms with E-state index in [0.29, 0.717) is 31.5 Å². The number of nitrogens with zero attached hydrogens (tertiary/aromatic N) is 1. The molecule has 1 aromatic rings. The number of amides is 3. The van der Waals surface area contributed by atoms with Crippen LogP contribution in [0, 0.1) is 18.8 Å². The second kappa shape index (κ2) is 10.4. The Balaban J connectivity index is 2.12. The van der Waals surface area contributed by atoms with Gasteiger partial charge in [0.1, 0.15) is 6.04 Å². The zero-order valence-corrected chi connectivity index (χ0v) is 18.3. The molecule has 29 heavy (non-hydrogen) atoms. The van der Waals surface area contributed by atoms with Crippen molar-refractivity contribution in [2.24, 2.45) is 11.8 Å². The van der Waals surface area contributed by atoms with Crippen molar-refractivity contribution in [3.8, 4) is 0 Å². The average Bonchev–Trinajstić information content (AvgIpc) is 2.71. The van der Waals surface area contributed by atoms with E-state index in [1.807, 2.05) is 57.7 Å². The van der Waals surface area contributed by atoms with Gasteiger partial charge in [-0.2, -0.15) is 0 Å². The van der Waals surface area contributed by atoms with E-state index < -0.39 is 6.04 Å². The van der Waals surface area contributed by atoms with Crippen molar-refractivity contribution >= 4 is 17.7 Å². The van der Waals surface area contributed by atoms with Crippen molar-refractivity contribution < 1.29 is 14.4 Å². The van der Waals surface area contributed by atoms with Gasteiger partial charge >= 0.3 is 0 Å². The molecule has 1 aromatic carbocycles. The van der Waals surface area contributed by atoms with Crippen molar-refractivity contribution in [1.29, 1.82) is 0 Å². The summed E-state index contributed by atoms with van der Waals surface area (Å²) in [5.41, 5.74) is 1.55. The van der Waals surface area contributed by atoms with E-state index in [0.717, 1.165) is 12.0 Å². The van der Waals surface area contributed by atoms with E-state index in [4.69, 9.17) is 0 Å². The number of hydrogen-bond acceptors (Lipinski definition) is 3. The van der Waals surface area contributed by atoms with Crippen LogP contribution in [0.2, 0.25) is 0 Å². The number of piperidine rings is 1. The Labute approximate surface area is 174 Å². The summed E-state index contributed by atoms with van der Waals surface area (Å²) in [5.74, 6) is -0.262. The molecule has 0 aromatic heterocycles. The lowest BCUT2D eigenvalue weighted by Crippen LogP contribution is -2.55. The van der Waals surface area contributed by atoms with Crippen molar-refractivity contribution in [2.45, 2.75) is 66.0 Å². The molecular weight excluding hydrogens is 366 g/mol. The fourth-order valence-electron chi connectivity index (χ4n) is 3.66. The minimum absolute atomic E-state index is 0.00373. The SMILES string of the molecule is CC[C@@H](C)NC(=O)[C@H](NC(=O)c1cccc(C)c1)C1CCN(C(=O)C(C)C)CC1. The molecule has 2 atom stereocenters. The number of carbonyl (C=O) groups excluding carboxylic acids is 3. The summed E-state index contributed by atoms with van der Waals surface area (Å²) in [6.07, 6.45) is 2.22.